The zero-order valence-electron chi connectivity index (χ0n) is 12.3. The van der Waals surface area contributed by atoms with E-state index < -0.39 is 0 Å². The number of aromatic nitrogens is 1. The molecular weight excluding hydrogens is 321 g/mol. The minimum Gasteiger partial charge on any atom is -0.367 e. The fourth-order valence-electron chi connectivity index (χ4n) is 2.79. The molecule has 1 amide bonds. The maximum atomic E-state index is 12.8. The van der Waals surface area contributed by atoms with Gasteiger partial charge in [0, 0.05) is 37.1 Å². The van der Waals surface area contributed by atoms with Crippen LogP contribution in [0.5, 0.6) is 0 Å². The molecule has 0 radical (unpaired) electrons. The summed E-state index contributed by atoms with van der Waals surface area (Å²) in [5.74, 6) is 0.0697. The number of H-pyrrole nitrogens is 1. The molecule has 118 valence electrons. The molecule has 0 spiro atoms. The van der Waals surface area contributed by atoms with Gasteiger partial charge >= 0.3 is 0 Å². The van der Waals surface area contributed by atoms with Gasteiger partial charge in [-0.2, -0.15) is 0 Å². The first kappa shape index (κ1) is 16.9. The number of hydrogen-bond donors (Lipinski definition) is 2. The Morgan fingerprint density at radius 2 is 2.18 bits per heavy atom. The number of piperazine rings is 1. The molecule has 2 N–H and O–H groups in total. The van der Waals surface area contributed by atoms with Crippen molar-refractivity contribution >= 4 is 29.9 Å². The summed E-state index contributed by atoms with van der Waals surface area (Å²) in [6, 6.07) is 7.75. The Hall–Kier alpha value is -1.49. The molecule has 1 unspecified atom stereocenters. The van der Waals surface area contributed by atoms with Crippen molar-refractivity contribution in [3.63, 3.8) is 0 Å². The van der Waals surface area contributed by atoms with E-state index in [4.69, 9.17) is 11.6 Å². The third kappa shape index (κ3) is 3.29. The zero-order chi connectivity index (χ0) is 14.8. The number of aryl methyl sites for hydroxylation is 1. The van der Waals surface area contributed by atoms with Crippen LogP contribution in [0.3, 0.4) is 0 Å². The number of aromatic amines is 1. The third-order valence-electron chi connectivity index (χ3n) is 3.92. The first-order valence-corrected chi connectivity index (χ1v) is 7.45. The monoisotopic (exact) mass is 339 g/mol. The van der Waals surface area contributed by atoms with Gasteiger partial charge in [-0.25, -0.2) is 0 Å². The number of carbonyl (C=O) groups excluding carboxylic acids is 1. The Morgan fingerprint density at radius 3 is 2.86 bits per heavy atom. The molecule has 1 aliphatic heterocycles. The van der Waals surface area contributed by atoms with Crippen LogP contribution in [0.4, 0.5) is 0 Å². The average molecular weight is 340 g/mol. The lowest BCUT2D eigenvalue weighted by atomic mass is 10.0. The van der Waals surface area contributed by atoms with Crippen molar-refractivity contribution in [3.8, 4) is 0 Å². The van der Waals surface area contributed by atoms with Gasteiger partial charge in [0.15, 0.2) is 0 Å². The van der Waals surface area contributed by atoms with E-state index in [1.807, 2.05) is 42.3 Å². The van der Waals surface area contributed by atoms with Crippen LogP contribution in [-0.4, -0.2) is 35.4 Å². The fraction of sp³-hybridized carbons (Fsp3) is 0.312. The van der Waals surface area contributed by atoms with E-state index in [2.05, 4.69) is 10.3 Å². The lowest BCUT2D eigenvalue weighted by molar-refractivity contribution is 0.0634. The quantitative estimate of drug-likeness (QED) is 0.882. The topological polar surface area (TPSA) is 48.1 Å². The summed E-state index contributed by atoms with van der Waals surface area (Å²) in [6.07, 6.45) is 3.62. The SMILES string of the molecule is Cc1c[nH]cc1C(=O)N1CCNCC1c1cccc(Cl)c1.Cl. The summed E-state index contributed by atoms with van der Waals surface area (Å²) in [6.45, 7) is 4.20. The van der Waals surface area contributed by atoms with E-state index in [1.165, 1.54) is 0 Å². The van der Waals surface area contributed by atoms with E-state index in [9.17, 15) is 4.79 Å². The van der Waals surface area contributed by atoms with Gasteiger partial charge in [-0.15, -0.1) is 12.4 Å². The van der Waals surface area contributed by atoms with Crippen molar-refractivity contribution in [1.29, 1.82) is 0 Å². The van der Waals surface area contributed by atoms with Gasteiger partial charge in [0.1, 0.15) is 0 Å². The number of nitrogens with zero attached hydrogens (tertiary/aromatic N) is 1. The van der Waals surface area contributed by atoms with E-state index in [1.54, 1.807) is 6.20 Å². The highest BCUT2D eigenvalue weighted by Crippen LogP contribution is 2.26. The maximum Gasteiger partial charge on any atom is 0.256 e. The first-order valence-electron chi connectivity index (χ1n) is 7.07. The van der Waals surface area contributed by atoms with Crippen LogP contribution < -0.4 is 5.32 Å². The van der Waals surface area contributed by atoms with Crippen molar-refractivity contribution in [2.45, 2.75) is 13.0 Å². The predicted octanol–water partition coefficient (Wildman–Crippen LogP) is 3.19. The number of carbonyl (C=O) groups is 1. The lowest BCUT2D eigenvalue weighted by Gasteiger charge is -2.36. The van der Waals surface area contributed by atoms with Crippen LogP contribution in [-0.2, 0) is 0 Å². The van der Waals surface area contributed by atoms with Crippen LogP contribution in [0, 0.1) is 6.92 Å². The van der Waals surface area contributed by atoms with Crippen molar-refractivity contribution in [3.05, 3.63) is 58.4 Å². The molecule has 0 aliphatic carbocycles. The van der Waals surface area contributed by atoms with Crippen LogP contribution >= 0.6 is 24.0 Å². The Labute approximate surface area is 141 Å². The number of hydrogen-bond acceptors (Lipinski definition) is 2. The van der Waals surface area contributed by atoms with Crippen LogP contribution in [0.15, 0.2) is 36.7 Å². The summed E-state index contributed by atoms with van der Waals surface area (Å²) in [5, 5.41) is 4.05. The average Bonchev–Trinajstić information content (AvgIpc) is 2.93. The molecule has 3 rings (SSSR count). The number of amides is 1. The predicted molar refractivity (Wildman–Crippen MR) is 90.9 cm³/mol. The molecule has 1 fully saturated rings. The van der Waals surface area contributed by atoms with Crippen LogP contribution in [0.1, 0.15) is 27.5 Å². The highest BCUT2D eigenvalue weighted by Gasteiger charge is 2.29. The minimum atomic E-state index is 0. The second kappa shape index (κ2) is 7.18. The molecule has 22 heavy (non-hydrogen) atoms. The standard InChI is InChI=1S/C16H18ClN3O.ClH/c1-11-8-19-9-14(11)16(21)20-6-5-18-10-15(20)12-3-2-4-13(17)7-12;/h2-4,7-9,15,18-19H,5-6,10H2,1H3;1H. The number of benzene rings is 1. The van der Waals surface area contributed by atoms with Gasteiger partial charge < -0.3 is 15.2 Å². The number of rotatable bonds is 2. The van der Waals surface area contributed by atoms with Crippen molar-refractivity contribution in [2.75, 3.05) is 19.6 Å². The summed E-state index contributed by atoms with van der Waals surface area (Å²) < 4.78 is 0. The second-order valence-electron chi connectivity index (χ2n) is 5.33. The number of halogens is 2. The van der Waals surface area contributed by atoms with Gasteiger partial charge in [-0.3, -0.25) is 4.79 Å². The summed E-state index contributed by atoms with van der Waals surface area (Å²) >= 11 is 6.09. The van der Waals surface area contributed by atoms with Gasteiger partial charge in [0.05, 0.1) is 11.6 Å². The highest BCUT2D eigenvalue weighted by molar-refractivity contribution is 6.30. The van der Waals surface area contributed by atoms with E-state index in [0.29, 0.717) is 11.6 Å². The fourth-order valence-corrected chi connectivity index (χ4v) is 2.98. The van der Waals surface area contributed by atoms with Crippen molar-refractivity contribution in [1.82, 2.24) is 15.2 Å². The Balaban J connectivity index is 0.00000176. The van der Waals surface area contributed by atoms with E-state index in [0.717, 1.165) is 29.8 Å². The van der Waals surface area contributed by atoms with Crippen molar-refractivity contribution in [2.24, 2.45) is 0 Å². The molecule has 0 bridgehead atoms. The molecular formula is C16H19Cl2N3O. The molecule has 1 atom stereocenters. The molecule has 4 nitrogen and oxygen atoms in total. The van der Waals surface area contributed by atoms with Gasteiger partial charge in [-0.05, 0) is 30.2 Å². The molecule has 1 aromatic carbocycles. The van der Waals surface area contributed by atoms with Crippen LogP contribution in [0.25, 0.3) is 0 Å². The number of nitrogens with one attached hydrogen (secondary N) is 2. The smallest absolute Gasteiger partial charge is 0.256 e. The molecule has 2 heterocycles. The minimum absolute atomic E-state index is 0. The van der Waals surface area contributed by atoms with E-state index >= 15 is 0 Å². The molecule has 1 saturated heterocycles. The Bertz CT molecular complexity index is 656. The van der Waals surface area contributed by atoms with Gasteiger partial charge in [-0.1, -0.05) is 23.7 Å². The molecule has 1 aromatic heterocycles. The van der Waals surface area contributed by atoms with Crippen molar-refractivity contribution < 1.29 is 4.79 Å². The Morgan fingerprint density at radius 1 is 1.36 bits per heavy atom. The molecule has 6 heteroatoms. The van der Waals surface area contributed by atoms with Crippen LogP contribution in [0.2, 0.25) is 5.02 Å². The first-order chi connectivity index (χ1) is 10.2. The lowest BCUT2D eigenvalue weighted by Crippen LogP contribution is -2.48. The summed E-state index contributed by atoms with van der Waals surface area (Å²) in [4.78, 5) is 17.7. The maximum absolute atomic E-state index is 12.8. The van der Waals surface area contributed by atoms with Gasteiger partial charge in [0.2, 0.25) is 0 Å². The van der Waals surface area contributed by atoms with E-state index in [-0.39, 0.29) is 24.4 Å². The molecule has 1 aliphatic rings. The summed E-state index contributed by atoms with van der Waals surface area (Å²) in [5.41, 5.74) is 2.78. The normalized spacial score (nSPS) is 17.9. The second-order valence-corrected chi connectivity index (χ2v) is 5.76. The Kier molecular flexibility index (Phi) is 5.51. The zero-order valence-corrected chi connectivity index (χ0v) is 13.9. The highest BCUT2D eigenvalue weighted by atomic mass is 35.5. The van der Waals surface area contributed by atoms with Gasteiger partial charge in [0.25, 0.3) is 5.91 Å². The summed E-state index contributed by atoms with van der Waals surface area (Å²) in [7, 11) is 0. The largest absolute Gasteiger partial charge is 0.367 e. The molecule has 0 saturated carbocycles. The molecule has 2 aromatic rings. The third-order valence-corrected chi connectivity index (χ3v) is 4.16.